The molecular formula is C15H18N2O2. The average Bonchev–Trinajstić information content (AvgIpc) is 2.43. The molecule has 0 aliphatic rings. The summed E-state index contributed by atoms with van der Waals surface area (Å²) in [6.45, 7) is 1.22. The van der Waals surface area contributed by atoms with E-state index in [-0.39, 0.29) is 5.91 Å². The summed E-state index contributed by atoms with van der Waals surface area (Å²) in [6, 6.07) is 12.2. The van der Waals surface area contributed by atoms with E-state index in [9.17, 15) is 4.79 Å². The van der Waals surface area contributed by atoms with Gasteiger partial charge in [-0.15, -0.1) is 0 Å². The number of amides is 1. The zero-order valence-electron chi connectivity index (χ0n) is 11.0. The van der Waals surface area contributed by atoms with Gasteiger partial charge in [-0.3, -0.25) is 4.79 Å². The minimum atomic E-state index is -0.294. The first kappa shape index (κ1) is 13.4. The van der Waals surface area contributed by atoms with Crippen LogP contribution in [0.25, 0.3) is 10.8 Å². The number of methoxy groups -OCH3 is 1. The minimum Gasteiger partial charge on any atom is -0.496 e. The van der Waals surface area contributed by atoms with Gasteiger partial charge in [0.05, 0.1) is 7.11 Å². The number of primary amides is 1. The molecule has 100 valence electrons. The Bertz CT molecular complexity index is 581. The Morgan fingerprint density at radius 1 is 1.26 bits per heavy atom. The summed E-state index contributed by atoms with van der Waals surface area (Å²) in [7, 11) is 1.66. The molecule has 0 aliphatic heterocycles. The summed E-state index contributed by atoms with van der Waals surface area (Å²) in [4.78, 5) is 10.7. The fourth-order valence-corrected chi connectivity index (χ4v) is 2.11. The van der Waals surface area contributed by atoms with Crippen LogP contribution >= 0.6 is 0 Å². The van der Waals surface area contributed by atoms with Gasteiger partial charge in [0.25, 0.3) is 0 Å². The van der Waals surface area contributed by atoms with Gasteiger partial charge in [-0.2, -0.15) is 0 Å². The number of fused-ring (bicyclic) bond motifs is 1. The van der Waals surface area contributed by atoms with Crippen LogP contribution in [0, 0.1) is 0 Å². The Morgan fingerprint density at radius 3 is 2.79 bits per heavy atom. The molecule has 19 heavy (non-hydrogen) atoms. The number of carbonyl (C=O) groups excluding carboxylic acids is 1. The maximum Gasteiger partial charge on any atom is 0.218 e. The number of carbonyl (C=O) groups is 1. The Kier molecular flexibility index (Phi) is 4.36. The molecule has 0 aromatic heterocycles. The second-order valence-electron chi connectivity index (χ2n) is 4.36. The predicted octanol–water partition coefficient (Wildman–Crippen LogP) is 1.81. The molecule has 4 nitrogen and oxygen atoms in total. The second-order valence-corrected chi connectivity index (χ2v) is 4.36. The first-order chi connectivity index (χ1) is 9.22. The van der Waals surface area contributed by atoms with Gasteiger partial charge in [0.2, 0.25) is 5.91 Å². The Labute approximate surface area is 112 Å². The van der Waals surface area contributed by atoms with Crippen molar-refractivity contribution in [3.63, 3.8) is 0 Å². The van der Waals surface area contributed by atoms with Crippen LogP contribution in [0.5, 0.6) is 5.75 Å². The van der Waals surface area contributed by atoms with E-state index in [0.717, 1.165) is 16.7 Å². The summed E-state index contributed by atoms with van der Waals surface area (Å²) >= 11 is 0. The molecule has 0 radical (unpaired) electrons. The molecule has 0 fully saturated rings. The van der Waals surface area contributed by atoms with Crippen LogP contribution in [0.2, 0.25) is 0 Å². The molecular weight excluding hydrogens is 240 g/mol. The van der Waals surface area contributed by atoms with Crippen molar-refractivity contribution in [1.82, 2.24) is 5.32 Å². The fraction of sp³-hybridized carbons (Fsp3) is 0.267. The van der Waals surface area contributed by atoms with Gasteiger partial charge in [0.15, 0.2) is 0 Å². The van der Waals surface area contributed by atoms with Crippen molar-refractivity contribution in [2.45, 2.75) is 13.0 Å². The Morgan fingerprint density at radius 2 is 2.05 bits per heavy atom. The van der Waals surface area contributed by atoms with E-state index in [2.05, 4.69) is 17.4 Å². The van der Waals surface area contributed by atoms with E-state index in [1.54, 1.807) is 7.11 Å². The number of hydrogen-bond donors (Lipinski definition) is 2. The number of nitrogens with two attached hydrogens (primary N) is 1. The van der Waals surface area contributed by atoms with E-state index in [1.165, 1.54) is 5.39 Å². The molecule has 0 unspecified atom stereocenters. The molecule has 0 spiro atoms. The summed E-state index contributed by atoms with van der Waals surface area (Å²) in [6.07, 6.45) is 0.340. The van der Waals surface area contributed by atoms with Gasteiger partial charge < -0.3 is 15.8 Å². The smallest absolute Gasteiger partial charge is 0.218 e. The van der Waals surface area contributed by atoms with E-state index < -0.39 is 0 Å². The highest BCUT2D eigenvalue weighted by Gasteiger charge is 2.07. The van der Waals surface area contributed by atoms with Crippen LogP contribution in [-0.4, -0.2) is 19.6 Å². The fourth-order valence-electron chi connectivity index (χ4n) is 2.11. The van der Waals surface area contributed by atoms with Gasteiger partial charge in [-0.1, -0.05) is 30.3 Å². The van der Waals surface area contributed by atoms with Crippen LogP contribution in [0.4, 0.5) is 0 Å². The van der Waals surface area contributed by atoms with Crippen LogP contribution in [-0.2, 0) is 11.3 Å². The Hall–Kier alpha value is -2.07. The topological polar surface area (TPSA) is 64.3 Å². The number of benzene rings is 2. The van der Waals surface area contributed by atoms with Gasteiger partial charge in [-0.05, 0) is 16.8 Å². The molecule has 3 N–H and O–H groups in total. The van der Waals surface area contributed by atoms with E-state index in [1.807, 2.05) is 24.3 Å². The van der Waals surface area contributed by atoms with E-state index >= 15 is 0 Å². The van der Waals surface area contributed by atoms with Crippen molar-refractivity contribution in [2.75, 3.05) is 13.7 Å². The lowest BCUT2D eigenvalue weighted by Crippen LogP contribution is -2.21. The quantitative estimate of drug-likeness (QED) is 0.777. The molecule has 0 heterocycles. The third-order valence-corrected chi connectivity index (χ3v) is 3.07. The van der Waals surface area contributed by atoms with Crippen molar-refractivity contribution < 1.29 is 9.53 Å². The predicted molar refractivity (Wildman–Crippen MR) is 76.0 cm³/mol. The van der Waals surface area contributed by atoms with Crippen molar-refractivity contribution in [3.05, 3.63) is 42.0 Å². The third-order valence-electron chi connectivity index (χ3n) is 3.07. The molecule has 0 aliphatic carbocycles. The van der Waals surface area contributed by atoms with Crippen LogP contribution in [0.3, 0.4) is 0 Å². The largest absolute Gasteiger partial charge is 0.496 e. The van der Waals surface area contributed by atoms with Gasteiger partial charge in [0.1, 0.15) is 5.75 Å². The number of hydrogen-bond acceptors (Lipinski definition) is 3. The van der Waals surface area contributed by atoms with Gasteiger partial charge in [0, 0.05) is 25.1 Å². The molecule has 0 atom stereocenters. The lowest BCUT2D eigenvalue weighted by atomic mass is 10.0. The number of ether oxygens (including phenoxy) is 1. The maximum atomic E-state index is 10.7. The van der Waals surface area contributed by atoms with Crippen molar-refractivity contribution in [1.29, 1.82) is 0 Å². The highest BCUT2D eigenvalue weighted by Crippen LogP contribution is 2.27. The van der Waals surface area contributed by atoms with Crippen molar-refractivity contribution in [2.24, 2.45) is 5.73 Å². The molecule has 0 saturated carbocycles. The first-order valence-electron chi connectivity index (χ1n) is 6.26. The summed E-state index contributed by atoms with van der Waals surface area (Å²) in [5.74, 6) is 0.558. The molecule has 0 saturated heterocycles. The monoisotopic (exact) mass is 258 g/mol. The molecule has 2 aromatic rings. The van der Waals surface area contributed by atoms with Crippen LogP contribution in [0.15, 0.2) is 36.4 Å². The summed E-state index contributed by atoms with van der Waals surface area (Å²) < 4.78 is 5.40. The third kappa shape index (κ3) is 3.23. The maximum absolute atomic E-state index is 10.7. The van der Waals surface area contributed by atoms with Crippen LogP contribution in [0.1, 0.15) is 12.0 Å². The molecule has 2 rings (SSSR count). The van der Waals surface area contributed by atoms with Gasteiger partial charge >= 0.3 is 0 Å². The normalized spacial score (nSPS) is 10.6. The summed E-state index contributed by atoms with van der Waals surface area (Å²) in [5.41, 5.74) is 6.22. The lowest BCUT2D eigenvalue weighted by molar-refractivity contribution is -0.117. The molecule has 2 aromatic carbocycles. The van der Waals surface area contributed by atoms with Crippen molar-refractivity contribution in [3.8, 4) is 5.75 Å². The molecule has 4 heteroatoms. The minimum absolute atomic E-state index is 0.294. The van der Waals surface area contributed by atoms with Crippen molar-refractivity contribution >= 4 is 16.7 Å². The van der Waals surface area contributed by atoms with Gasteiger partial charge in [-0.25, -0.2) is 0 Å². The zero-order chi connectivity index (χ0) is 13.7. The molecule has 0 bridgehead atoms. The second kappa shape index (κ2) is 6.20. The van der Waals surface area contributed by atoms with E-state index in [4.69, 9.17) is 10.5 Å². The SMILES string of the molecule is COc1ccc2ccccc2c1CNCCC(N)=O. The Balaban J connectivity index is 2.21. The van der Waals surface area contributed by atoms with Crippen LogP contribution < -0.4 is 15.8 Å². The lowest BCUT2D eigenvalue weighted by Gasteiger charge is -2.12. The first-order valence-corrected chi connectivity index (χ1v) is 6.26. The summed E-state index contributed by atoms with van der Waals surface area (Å²) in [5, 5.41) is 5.56. The standard InChI is InChI=1S/C15H18N2O2/c1-19-14-7-6-11-4-2-3-5-12(11)13(14)10-17-9-8-15(16)18/h2-7,17H,8-10H2,1H3,(H2,16,18). The molecule has 1 amide bonds. The number of nitrogens with one attached hydrogen (secondary N) is 1. The average molecular weight is 258 g/mol. The zero-order valence-corrected chi connectivity index (χ0v) is 11.0. The highest BCUT2D eigenvalue weighted by molar-refractivity contribution is 5.87. The van der Waals surface area contributed by atoms with E-state index in [0.29, 0.717) is 19.5 Å². The number of rotatable bonds is 6. The highest BCUT2D eigenvalue weighted by atomic mass is 16.5.